The van der Waals surface area contributed by atoms with Crippen LogP contribution in [0.1, 0.15) is 40.0 Å². The second-order valence-electron chi connectivity index (χ2n) is 6.96. The lowest BCUT2D eigenvalue weighted by atomic mass is 10.1. The second-order valence-corrected chi connectivity index (χ2v) is 11.7. The van der Waals surface area contributed by atoms with Crippen LogP contribution in [0.25, 0.3) is 0 Å². The number of hydrogen-bond acceptors (Lipinski definition) is 4. The first-order valence-corrected chi connectivity index (χ1v) is 10.5. The molecule has 0 aromatic rings. The monoisotopic (exact) mass is 312 g/mol. The maximum atomic E-state index is 11.2. The smallest absolute Gasteiger partial charge is 0.384 e. The van der Waals surface area contributed by atoms with Crippen LogP contribution in [0, 0.1) is 11.8 Å². The molecule has 1 rings (SSSR count). The van der Waals surface area contributed by atoms with Crippen molar-refractivity contribution in [3.05, 3.63) is 0 Å². The van der Waals surface area contributed by atoms with E-state index in [0.717, 1.165) is 19.3 Å². The Morgan fingerprint density at radius 3 is 2.52 bits per heavy atom. The van der Waals surface area contributed by atoms with Crippen molar-refractivity contribution in [2.45, 2.75) is 70.4 Å². The normalized spacial score (nSPS) is 23.7. The van der Waals surface area contributed by atoms with E-state index in [1.807, 2.05) is 0 Å². The average Bonchev–Trinajstić information content (AvgIpc) is 2.59. The summed E-state index contributed by atoms with van der Waals surface area (Å²) in [5, 5.41) is 0.139. The van der Waals surface area contributed by atoms with Crippen molar-refractivity contribution in [3.63, 3.8) is 0 Å². The predicted molar refractivity (Wildman–Crippen MR) is 85.5 cm³/mol. The maximum Gasteiger partial charge on any atom is 0.384 e. The minimum atomic E-state index is -1.88. The molecule has 21 heavy (non-hydrogen) atoms. The zero-order valence-electron chi connectivity index (χ0n) is 14.1. The first-order chi connectivity index (χ1) is 9.67. The third kappa shape index (κ3) is 5.46. The highest BCUT2D eigenvalue weighted by Gasteiger charge is 2.41. The molecule has 0 aromatic heterocycles. The maximum absolute atomic E-state index is 11.2. The third-order valence-electron chi connectivity index (χ3n) is 4.27. The number of methoxy groups -OCH3 is 1. The number of carbonyl (C=O) groups excluding carboxylic acids is 1. The van der Waals surface area contributed by atoms with Crippen LogP contribution in [0.4, 0.5) is 0 Å². The van der Waals surface area contributed by atoms with Crippen LogP contribution in [-0.4, -0.2) is 40.2 Å². The van der Waals surface area contributed by atoms with Crippen molar-refractivity contribution in [2.75, 3.05) is 13.7 Å². The Morgan fingerprint density at radius 2 is 1.95 bits per heavy atom. The molecule has 1 saturated heterocycles. The molecule has 1 heterocycles. The van der Waals surface area contributed by atoms with E-state index in [9.17, 15) is 4.79 Å². The number of ether oxygens (including phenoxy) is 2. The predicted octanol–water partition coefficient (Wildman–Crippen LogP) is 3.12. The molecule has 5 heteroatoms. The zero-order chi connectivity index (χ0) is 16.1. The van der Waals surface area contributed by atoms with Gasteiger partial charge in [0.15, 0.2) is 8.32 Å². The molecule has 120 valence electrons. The summed E-state index contributed by atoms with van der Waals surface area (Å²) < 4.78 is 16.8. The summed E-state index contributed by atoms with van der Waals surface area (Å²) in [6.07, 6.45) is 2.59. The fourth-order valence-corrected chi connectivity index (χ4v) is 3.26. The number of carbonyl (C=O) groups is 1. The first kappa shape index (κ1) is 18.2. The van der Waals surface area contributed by atoms with E-state index in [4.69, 9.17) is 9.16 Å². The molecule has 0 spiro atoms. The third-order valence-corrected chi connectivity index (χ3v) is 8.78. The van der Waals surface area contributed by atoms with E-state index in [-0.39, 0.29) is 17.2 Å². The summed E-state index contributed by atoms with van der Waals surface area (Å²) in [6, 6.07) is 0. The van der Waals surface area contributed by atoms with Crippen molar-refractivity contribution < 1.29 is 18.7 Å². The molecule has 1 aliphatic heterocycles. The van der Waals surface area contributed by atoms with Gasteiger partial charge in [0.25, 0.3) is 0 Å². The minimum Gasteiger partial charge on any atom is -0.459 e. The summed E-state index contributed by atoms with van der Waals surface area (Å²) in [5.41, 5.74) is 0. The van der Waals surface area contributed by atoms with Gasteiger partial charge in [0.2, 0.25) is 0 Å². The largest absolute Gasteiger partial charge is 0.459 e. The molecule has 0 radical (unpaired) electrons. The summed E-state index contributed by atoms with van der Waals surface area (Å²) in [7, 11) is -0.557. The average molecular weight is 312 g/mol. The van der Waals surface area contributed by atoms with E-state index in [0.29, 0.717) is 6.61 Å². The van der Waals surface area contributed by atoms with Gasteiger partial charge in [0, 0.05) is 12.5 Å². The van der Waals surface area contributed by atoms with Gasteiger partial charge in [-0.3, -0.25) is 0 Å². The lowest BCUT2D eigenvalue weighted by Gasteiger charge is -2.40. The molecular formula is C16H28O4Si. The second kappa shape index (κ2) is 7.44. The molecule has 0 unspecified atom stereocenters. The van der Waals surface area contributed by atoms with E-state index >= 15 is 0 Å². The molecule has 0 aromatic carbocycles. The summed E-state index contributed by atoms with van der Waals surface area (Å²) in [5.74, 6) is 4.84. The van der Waals surface area contributed by atoms with Gasteiger partial charge in [0.05, 0.1) is 13.2 Å². The van der Waals surface area contributed by atoms with E-state index < -0.39 is 14.3 Å². The van der Waals surface area contributed by atoms with Crippen LogP contribution in [0.3, 0.4) is 0 Å². The Hall–Kier alpha value is -0.833. The molecule has 2 atom stereocenters. The molecule has 1 fully saturated rings. The molecule has 0 bridgehead atoms. The van der Waals surface area contributed by atoms with E-state index in [2.05, 4.69) is 50.4 Å². The lowest BCUT2D eigenvalue weighted by Crippen LogP contribution is -2.47. The number of esters is 1. The van der Waals surface area contributed by atoms with Crippen LogP contribution in [0.15, 0.2) is 0 Å². The van der Waals surface area contributed by atoms with Crippen LogP contribution in [0.2, 0.25) is 18.1 Å². The summed E-state index contributed by atoms with van der Waals surface area (Å²) in [6.45, 7) is 11.8. The van der Waals surface area contributed by atoms with Crippen molar-refractivity contribution in [3.8, 4) is 11.8 Å². The van der Waals surface area contributed by atoms with Crippen LogP contribution < -0.4 is 0 Å². The number of rotatable bonds is 2. The fourth-order valence-electron chi connectivity index (χ4n) is 1.91. The highest BCUT2D eigenvalue weighted by Crippen LogP contribution is 2.38. The topological polar surface area (TPSA) is 44.8 Å². The molecule has 0 aliphatic carbocycles. The SMILES string of the molecule is COC(=O)C#C[C@H]1OCCCC[C@@H]1O[Si](C)(C)C(C)(C)C. The first-order valence-electron chi connectivity index (χ1n) is 7.56. The molecule has 1 aliphatic rings. The fraction of sp³-hybridized carbons (Fsp3) is 0.812. The Morgan fingerprint density at radius 1 is 1.29 bits per heavy atom. The van der Waals surface area contributed by atoms with Crippen molar-refractivity contribution in [1.29, 1.82) is 0 Å². The Balaban J connectivity index is 2.87. The van der Waals surface area contributed by atoms with Gasteiger partial charge < -0.3 is 13.9 Å². The quantitative estimate of drug-likeness (QED) is 0.340. The van der Waals surface area contributed by atoms with Gasteiger partial charge in [-0.05, 0) is 37.4 Å². The van der Waals surface area contributed by atoms with E-state index in [1.54, 1.807) is 0 Å². The van der Waals surface area contributed by atoms with Crippen LogP contribution in [0.5, 0.6) is 0 Å². The van der Waals surface area contributed by atoms with Gasteiger partial charge in [0.1, 0.15) is 6.10 Å². The van der Waals surface area contributed by atoms with Gasteiger partial charge in [-0.2, -0.15) is 0 Å². The van der Waals surface area contributed by atoms with Gasteiger partial charge >= 0.3 is 5.97 Å². The highest BCUT2D eigenvalue weighted by molar-refractivity contribution is 6.74. The zero-order valence-corrected chi connectivity index (χ0v) is 15.1. The van der Waals surface area contributed by atoms with Gasteiger partial charge in [-0.1, -0.05) is 26.7 Å². The summed E-state index contributed by atoms with van der Waals surface area (Å²) in [4.78, 5) is 11.2. The van der Waals surface area contributed by atoms with Crippen LogP contribution >= 0.6 is 0 Å². The molecular weight excluding hydrogens is 284 g/mol. The van der Waals surface area contributed by atoms with Crippen molar-refractivity contribution in [2.24, 2.45) is 0 Å². The van der Waals surface area contributed by atoms with Crippen LogP contribution in [-0.2, 0) is 18.7 Å². The minimum absolute atomic E-state index is 0.0643. The van der Waals surface area contributed by atoms with Gasteiger partial charge in [-0.25, -0.2) is 4.79 Å². The number of hydrogen-bond donors (Lipinski definition) is 0. The molecule has 4 nitrogen and oxygen atoms in total. The van der Waals surface area contributed by atoms with Crippen molar-refractivity contribution in [1.82, 2.24) is 0 Å². The van der Waals surface area contributed by atoms with Gasteiger partial charge in [-0.15, -0.1) is 0 Å². The Bertz CT molecular complexity index is 414. The molecule has 0 saturated carbocycles. The Labute approximate surface area is 129 Å². The van der Waals surface area contributed by atoms with E-state index in [1.165, 1.54) is 7.11 Å². The summed E-state index contributed by atoms with van der Waals surface area (Å²) >= 11 is 0. The Kier molecular flexibility index (Phi) is 6.45. The molecule has 0 amide bonds. The molecule has 0 N–H and O–H groups in total. The van der Waals surface area contributed by atoms with Crippen molar-refractivity contribution >= 4 is 14.3 Å². The lowest BCUT2D eigenvalue weighted by molar-refractivity contribution is -0.133. The highest BCUT2D eigenvalue weighted by atomic mass is 28.4. The standard InChI is InChI=1S/C16H28O4Si/c1-16(2,3)21(5,6)20-14-9-7-8-12-19-13(14)10-11-15(17)18-4/h13-14H,7-9,12H2,1-6H3/t13-,14+/m1/s1.